The second kappa shape index (κ2) is 9.62. The fourth-order valence-electron chi connectivity index (χ4n) is 2.08. The Hall–Kier alpha value is -3.02. The molecule has 0 unspecified atom stereocenters. The smallest absolute Gasteiger partial charge is 0.241 e. The first-order valence-corrected chi connectivity index (χ1v) is 9.49. The summed E-state index contributed by atoms with van der Waals surface area (Å²) in [6, 6.07) is 13.1. The molecule has 0 atom stereocenters. The molecule has 8 heteroatoms. The van der Waals surface area contributed by atoms with Gasteiger partial charge in [0.25, 0.3) is 0 Å². The van der Waals surface area contributed by atoms with Crippen LogP contribution in [0.3, 0.4) is 0 Å². The van der Waals surface area contributed by atoms with Crippen LogP contribution in [0.4, 0.5) is 5.69 Å². The van der Waals surface area contributed by atoms with E-state index in [4.69, 9.17) is 9.47 Å². The van der Waals surface area contributed by atoms with Gasteiger partial charge in [0.1, 0.15) is 18.1 Å². The normalized spacial score (nSPS) is 10.4. The monoisotopic (exact) mass is 388 g/mol. The first kappa shape index (κ1) is 20.3. The number of hydrogen-bond acceptors (Lipinski definition) is 5. The standard InChI is InChI=1S/C19H20N2O5S/c1-15(22)21-16-7-5-9-18(13-16)26-12-4-3-11-20-27(23,24)19-10-6-8-17(14-19)25-2/h5-10,13-14,20H,11-12H2,1-2H3,(H,21,22). The van der Waals surface area contributed by atoms with Gasteiger partial charge in [0, 0.05) is 24.7 Å². The Bertz CT molecular complexity index is 961. The lowest BCUT2D eigenvalue weighted by Crippen LogP contribution is -2.24. The molecule has 7 nitrogen and oxygen atoms in total. The first-order valence-electron chi connectivity index (χ1n) is 8.00. The van der Waals surface area contributed by atoms with Gasteiger partial charge in [0.2, 0.25) is 15.9 Å². The Balaban J connectivity index is 1.84. The van der Waals surface area contributed by atoms with Crippen molar-refractivity contribution in [3.63, 3.8) is 0 Å². The number of benzene rings is 2. The highest BCUT2D eigenvalue weighted by atomic mass is 32.2. The molecule has 0 spiro atoms. The summed E-state index contributed by atoms with van der Waals surface area (Å²) in [6.07, 6.45) is 0. The molecule has 0 fully saturated rings. The number of hydrogen-bond donors (Lipinski definition) is 2. The number of carbonyl (C=O) groups is 1. The van der Waals surface area contributed by atoms with Crippen LogP contribution in [0.15, 0.2) is 53.4 Å². The summed E-state index contributed by atoms with van der Waals surface area (Å²) in [7, 11) is -2.19. The van der Waals surface area contributed by atoms with Crippen LogP contribution >= 0.6 is 0 Å². The summed E-state index contributed by atoms with van der Waals surface area (Å²) in [5, 5.41) is 2.66. The van der Waals surface area contributed by atoms with E-state index < -0.39 is 10.0 Å². The Morgan fingerprint density at radius 3 is 2.56 bits per heavy atom. The van der Waals surface area contributed by atoms with Crippen LogP contribution in [-0.4, -0.2) is 34.6 Å². The maximum Gasteiger partial charge on any atom is 0.241 e. The molecule has 2 rings (SSSR count). The maximum absolute atomic E-state index is 12.2. The highest BCUT2D eigenvalue weighted by molar-refractivity contribution is 7.89. The summed E-state index contributed by atoms with van der Waals surface area (Å²) < 4.78 is 37.2. The van der Waals surface area contributed by atoms with Crippen molar-refractivity contribution in [1.29, 1.82) is 0 Å². The van der Waals surface area contributed by atoms with Crippen LogP contribution in [0.1, 0.15) is 6.92 Å². The Morgan fingerprint density at radius 2 is 1.81 bits per heavy atom. The molecule has 0 aliphatic rings. The van der Waals surface area contributed by atoms with Gasteiger partial charge in [0.05, 0.1) is 18.6 Å². The molecular formula is C19H20N2O5S. The number of ether oxygens (including phenoxy) is 2. The van der Waals surface area contributed by atoms with Gasteiger partial charge in [-0.2, -0.15) is 4.72 Å². The lowest BCUT2D eigenvalue weighted by atomic mass is 10.3. The number of nitrogens with one attached hydrogen (secondary N) is 2. The third kappa shape index (κ3) is 6.66. The van der Waals surface area contributed by atoms with E-state index in [-0.39, 0.29) is 24.0 Å². The number of methoxy groups -OCH3 is 1. The molecule has 0 aromatic heterocycles. The van der Waals surface area contributed by atoms with Gasteiger partial charge in [-0.1, -0.05) is 24.0 Å². The van der Waals surface area contributed by atoms with Crippen LogP contribution in [0.5, 0.6) is 11.5 Å². The third-order valence-corrected chi connectivity index (χ3v) is 4.69. The molecule has 0 radical (unpaired) electrons. The van der Waals surface area contributed by atoms with Gasteiger partial charge in [-0.25, -0.2) is 8.42 Å². The Kier molecular flexibility index (Phi) is 7.23. The fourth-order valence-corrected chi connectivity index (χ4v) is 3.04. The van der Waals surface area contributed by atoms with E-state index in [1.54, 1.807) is 36.4 Å². The highest BCUT2D eigenvalue weighted by Gasteiger charge is 2.13. The molecule has 2 aromatic rings. The quantitative estimate of drug-likeness (QED) is 0.708. The van der Waals surface area contributed by atoms with Crippen molar-refractivity contribution < 1.29 is 22.7 Å². The summed E-state index contributed by atoms with van der Waals surface area (Å²) in [5.74, 6) is 6.26. The van der Waals surface area contributed by atoms with Crippen molar-refractivity contribution in [2.45, 2.75) is 11.8 Å². The van der Waals surface area contributed by atoms with Crippen molar-refractivity contribution in [3.05, 3.63) is 48.5 Å². The number of anilines is 1. The topological polar surface area (TPSA) is 93.7 Å². The van der Waals surface area contributed by atoms with Crippen molar-refractivity contribution >= 4 is 21.6 Å². The summed E-state index contributed by atoms with van der Waals surface area (Å²) in [6.45, 7) is 1.46. The van der Waals surface area contributed by atoms with Crippen LogP contribution in [0.25, 0.3) is 0 Å². The molecule has 0 aliphatic carbocycles. The van der Waals surface area contributed by atoms with Gasteiger partial charge in [0.15, 0.2) is 0 Å². The average molecular weight is 388 g/mol. The minimum Gasteiger partial charge on any atom is -0.497 e. The molecule has 0 saturated carbocycles. The van der Waals surface area contributed by atoms with Crippen LogP contribution in [0, 0.1) is 11.8 Å². The molecule has 27 heavy (non-hydrogen) atoms. The number of rotatable bonds is 7. The van der Waals surface area contributed by atoms with E-state index in [1.807, 2.05) is 0 Å². The van der Waals surface area contributed by atoms with Crippen molar-refractivity contribution in [1.82, 2.24) is 4.72 Å². The van der Waals surface area contributed by atoms with Crippen molar-refractivity contribution in [2.24, 2.45) is 0 Å². The van der Waals surface area contributed by atoms with E-state index in [1.165, 1.54) is 26.2 Å². The molecule has 0 saturated heterocycles. The zero-order valence-electron chi connectivity index (χ0n) is 15.0. The van der Waals surface area contributed by atoms with E-state index in [9.17, 15) is 13.2 Å². The fraction of sp³-hybridized carbons (Fsp3) is 0.211. The molecule has 1 amide bonds. The second-order valence-corrected chi connectivity index (χ2v) is 7.12. The van der Waals surface area contributed by atoms with E-state index in [0.717, 1.165) is 0 Å². The Morgan fingerprint density at radius 1 is 1.07 bits per heavy atom. The zero-order valence-corrected chi connectivity index (χ0v) is 15.8. The van der Waals surface area contributed by atoms with Gasteiger partial charge < -0.3 is 14.8 Å². The van der Waals surface area contributed by atoms with E-state index in [0.29, 0.717) is 17.2 Å². The predicted molar refractivity (Wildman–Crippen MR) is 102 cm³/mol. The van der Waals surface area contributed by atoms with Gasteiger partial charge >= 0.3 is 0 Å². The van der Waals surface area contributed by atoms with Crippen molar-refractivity contribution in [2.75, 3.05) is 25.6 Å². The molecule has 0 bridgehead atoms. The van der Waals surface area contributed by atoms with Gasteiger partial charge in [-0.3, -0.25) is 4.79 Å². The van der Waals surface area contributed by atoms with Gasteiger partial charge in [-0.15, -0.1) is 0 Å². The third-order valence-electron chi connectivity index (χ3n) is 3.29. The summed E-state index contributed by atoms with van der Waals surface area (Å²) in [4.78, 5) is 11.1. The van der Waals surface area contributed by atoms with Crippen LogP contribution < -0.4 is 19.5 Å². The molecule has 0 aliphatic heterocycles. The molecule has 142 valence electrons. The first-order chi connectivity index (χ1) is 12.9. The van der Waals surface area contributed by atoms with E-state index in [2.05, 4.69) is 21.9 Å². The SMILES string of the molecule is COc1cccc(S(=O)(=O)NCC#CCOc2cccc(NC(C)=O)c2)c1. The highest BCUT2D eigenvalue weighted by Crippen LogP contribution is 2.17. The lowest BCUT2D eigenvalue weighted by molar-refractivity contribution is -0.114. The van der Waals surface area contributed by atoms with Crippen LogP contribution in [0.2, 0.25) is 0 Å². The molecule has 0 heterocycles. The number of sulfonamides is 1. The number of carbonyl (C=O) groups excluding carboxylic acids is 1. The minimum absolute atomic E-state index is 0.0468. The molecule has 2 aromatic carbocycles. The molecular weight excluding hydrogens is 368 g/mol. The maximum atomic E-state index is 12.2. The largest absolute Gasteiger partial charge is 0.497 e. The summed E-state index contributed by atoms with van der Waals surface area (Å²) >= 11 is 0. The second-order valence-electron chi connectivity index (χ2n) is 5.35. The average Bonchev–Trinajstić information content (AvgIpc) is 2.64. The molecule has 2 N–H and O–H groups in total. The zero-order chi connectivity index (χ0) is 19.7. The Labute approximate surface area is 158 Å². The predicted octanol–water partition coefficient (Wildman–Crippen LogP) is 2.01. The van der Waals surface area contributed by atoms with Crippen molar-refractivity contribution in [3.8, 4) is 23.3 Å². The van der Waals surface area contributed by atoms with E-state index >= 15 is 0 Å². The van der Waals surface area contributed by atoms with Crippen LogP contribution in [-0.2, 0) is 14.8 Å². The van der Waals surface area contributed by atoms with Gasteiger partial charge in [-0.05, 0) is 24.3 Å². The summed E-state index contributed by atoms with van der Waals surface area (Å²) in [5.41, 5.74) is 0.624. The lowest BCUT2D eigenvalue weighted by Gasteiger charge is -2.06. The number of amides is 1. The minimum atomic E-state index is -3.66.